The van der Waals surface area contributed by atoms with Crippen molar-refractivity contribution < 1.29 is 0 Å². The van der Waals surface area contributed by atoms with E-state index in [1.807, 2.05) is 22.5 Å². The van der Waals surface area contributed by atoms with Crippen molar-refractivity contribution in [3.63, 3.8) is 0 Å². The van der Waals surface area contributed by atoms with E-state index in [0.29, 0.717) is 0 Å². The Bertz CT molecular complexity index is 649. The Morgan fingerprint density at radius 3 is 2.19 bits per heavy atom. The van der Waals surface area contributed by atoms with Crippen LogP contribution in [0.2, 0.25) is 0 Å². The number of unbranched alkanes of at least 4 members (excludes halogenated alkanes) is 9. The summed E-state index contributed by atoms with van der Waals surface area (Å²) in [6.07, 6.45) is 13.9. The second-order valence-corrected chi connectivity index (χ2v) is 9.77. The lowest BCUT2D eigenvalue weighted by molar-refractivity contribution is 0.563. The molecular weight excluding hydrogens is 376 g/mol. The highest BCUT2D eigenvalue weighted by molar-refractivity contribution is 8.01. The third-order valence-electron chi connectivity index (χ3n) is 4.49. The first-order valence-electron chi connectivity index (χ1n) is 10.0. The maximum Gasteiger partial charge on any atom is 0.180 e. The molecule has 1 aromatic carbocycles. The smallest absolute Gasteiger partial charge is 0.180 e. The van der Waals surface area contributed by atoms with Gasteiger partial charge < -0.3 is 0 Å². The standard InChI is InChI=1S/C21H32N2S3/c1-2-3-4-5-6-7-8-9-10-14-17-25-20-22-23(21(24)26-20)18-19-15-12-11-13-16-19/h11-13,15-16H,2-10,14,17-18H2,1H3. The van der Waals surface area contributed by atoms with E-state index in [4.69, 9.17) is 12.2 Å². The Balaban J connectivity index is 1.55. The fourth-order valence-electron chi connectivity index (χ4n) is 2.95. The van der Waals surface area contributed by atoms with Crippen molar-refractivity contribution in [2.24, 2.45) is 0 Å². The van der Waals surface area contributed by atoms with E-state index >= 15 is 0 Å². The molecule has 2 nitrogen and oxygen atoms in total. The normalized spacial score (nSPS) is 11.1. The Morgan fingerprint density at radius 2 is 1.54 bits per heavy atom. The molecule has 26 heavy (non-hydrogen) atoms. The topological polar surface area (TPSA) is 17.8 Å². The molecule has 0 amide bonds. The van der Waals surface area contributed by atoms with Crippen molar-refractivity contribution in [3.8, 4) is 0 Å². The van der Waals surface area contributed by atoms with E-state index < -0.39 is 0 Å². The number of nitrogens with zero attached hydrogens (tertiary/aromatic N) is 2. The van der Waals surface area contributed by atoms with Crippen molar-refractivity contribution in [1.29, 1.82) is 0 Å². The molecule has 0 saturated heterocycles. The van der Waals surface area contributed by atoms with Crippen LogP contribution in [0.25, 0.3) is 0 Å². The van der Waals surface area contributed by atoms with Crippen LogP contribution in [0.15, 0.2) is 34.7 Å². The Morgan fingerprint density at radius 1 is 0.923 bits per heavy atom. The van der Waals surface area contributed by atoms with Gasteiger partial charge in [-0.3, -0.25) is 0 Å². The maximum absolute atomic E-state index is 5.46. The van der Waals surface area contributed by atoms with Crippen LogP contribution in [0, 0.1) is 3.95 Å². The first-order valence-corrected chi connectivity index (χ1v) is 12.3. The summed E-state index contributed by atoms with van der Waals surface area (Å²) in [6.45, 7) is 3.05. The van der Waals surface area contributed by atoms with Crippen molar-refractivity contribution in [2.75, 3.05) is 5.75 Å². The monoisotopic (exact) mass is 408 g/mol. The van der Waals surface area contributed by atoms with E-state index in [-0.39, 0.29) is 0 Å². The number of hydrogen-bond acceptors (Lipinski definition) is 4. The van der Waals surface area contributed by atoms with Gasteiger partial charge in [-0.1, -0.05) is 118 Å². The van der Waals surface area contributed by atoms with Gasteiger partial charge in [-0.25, -0.2) is 4.68 Å². The second-order valence-electron chi connectivity index (χ2n) is 6.81. The molecule has 0 saturated carbocycles. The van der Waals surface area contributed by atoms with Crippen LogP contribution in [-0.4, -0.2) is 15.5 Å². The highest BCUT2D eigenvalue weighted by Crippen LogP contribution is 2.24. The molecule has 0 atom stereocenters. The average molecular weight is 409 g/mol. The van der Waals surface area contributed by atoms with Crippen LogP contribution in [0.1, 0.15) is 76.7 Å². The van der Waals surface area contributed by atoms with E-state index in [2.05, 4.69) is 36.3 Å². The average Bonchev–Trinajstić information content (AvgIpc) is 3.00. The van der Waals surface area contributed by atoms with Gasteiger partial charge in [0, 0.05) is 5.75 Å². The molecule has 5 heteroatoms. The lowest BCUT2D eigenvalue weighted by Gasteiger charge is -2.02. The first kappa shape index (κ1) is 21.6. The van der Waals surface area contributed by atoms with Crippen molar-refractivity contribution in [2.45, 2.75) is 82.0 Å². The third-order valence-corrected chi connectivity index (χ3v) is 7.01. The zero-order valence-corrected chi connectivity index (χ0v) is 18.4. The third kappa shape index (κ3) is 8.83. The largest absolute Gasteiger partial charge is 0.239 e. The molecule has 0 spiro atoms. The predicted molar refractivity (Wildman–Crippen MR) is 119 cm³/mol. The van der Waals surface area contributed by atoms with Crippen LogP contribution in [0.4, 0.5) is 0 Å². The number of hydrogen-bond donors (Lipinski definition) is 0. The molecule has 1 heterocycles. The Hall–Kier alpha value is -0.650. The van der Waals surface area contributed by atoms with Gasteiger partial charge in [0.05, 0.1) is 6.54 Å². The molecule has 0 bridgehead atoms. The van der Waals surface area contributed by atoms with E-state index in [1.165, 1.54) is 69.8 Å². The molecule has 1 aromatic heterocycles. The lowest BCUT2D eigenvalue weighted by Crippen LogP contribution is -2.01. The molecule has 144 valence electrons. The van der Waals surface area contributed by atoms with Gasteiger partial charge in [-0.15, -0.1) is 0 Å². The van der Waals surface area contributed by atoms with E-state index in [1.54, 1.807) is 11.3 Å². The van der Waals surface area contributed by atoms with Crippen LogP contribution < -0.4 is 0 Å². The van der Waals surface area contributed by atoms with E-state index in [9.17, 15) is 0 Å². The molecule has 0 N–H and O–H groups in total. The molecule has 2 aromatic rings. The Kier molecular flexibility index (Phi) is 11.2. The molecular formula is C21H32N2S3. The fraction of sp³-hybridized carbons (Fsp3) is 0.619. The summed E-state index contributed by atoms with van der Waals surface area (Å²) in [5.74, 6) is 1.16. The Labute approximate surface area is 172 Å². The molecule has 0 aliphatic carbocycles. The minimum absolute atomic E-state index is 0.773. The lowest BCUT2D eigenvalue weighted by atomic mass is 10.1. The summed E-state index contributed by atoms with van der Waals surface area (Å²) in [4.78, 5) is 0. The highest BCUT2D eigenvalue weighted by atomic mass is 32.2. The van der Waals surface area contributed by atoms with Gasteiger partial charge in [-0.2, -0.15) is 5.10 Å². The van der Waals surface area contributed by atoms with Crippen molar-refractivity contribution in [3.05, 3.63) is 39.8 Å². The minimum Gasteiger partial charge on any atom is -0.239 e. The predicted octanol–water partition coefficient (Wildman–Crippen LogP) is 7.74. The highest BCUT2D eigenvalue weighted by Gasteiger charge is 2.05. The first-order chi connectivity index (χ1) is 12.8. The van der Waals surface area contributed by atoms with Crippen LogP contribution in [0.5, 0.6) is 0 Å². The second kappa shape index (κ2) is 13.5. The summed E-state index contributed by atoms with van der Waals surface area (Å²) >= 11 is 8.97. The molecule has 0 radical (unpaired) electrons. The number of benzene rings is 1. The maximum atomic E-state index is 5.46. The summed E-state index contributed by atoms with van der Waals surface area (Å²) in [5.41, 5.74) is 1.25. The number of aromatic nitrogens is 2. The summed E-state index contributed by atoms with van der Waals surface area (Å²) in [5, 5.41) is 4.68. The van der Waals surface area contributed by atoms with Gasteiger partial charge >= 0.3 is 0 Å². The van der Waals surface area contributed by atoms with Crippen LogP contribution in [0.3, 0.4) is 0 Å². The summed E-state index contributed by atoms with van der Waals surface area (Å²) in [6, 6.07) is 10.4. The van der Waals surface area contributed by atoms with Gasteiger partial charge in [0.1, 0.15) is 0 Å². The molecule has 0 aliphatic heterocycles. The molecule has 0 aliphatic rings. The van der Waals surface area contributed by atoms with Gasteiger partial charge in [0.25, 0.3) is 0 Å². The fourth-order valence-corrected chi connectivity index (χ4v) is 5.35. The minimum atomic E-state index is 0.773. The SMILES string of the molecule is CCCCCCCCCCCCSc1nn(Cc2ccccc2)c(=S)s1. The van der Waals surface area contributed by atoms with E-state index in [0.717, 1.165) is 20.6 Å². The molecule has 2 rings (SSSR count). The van der Waals surface area contributed by atoms with Crippen molar-refractivity contribution in [1.82, 2.24) is 9.78 Å². The number of rotatable bonds is 14. The van der Waals surface area contributed by atoms with Crippen molar-refractivity contribution >= 4 is 35.3 Å². The van der Waals surface area contributed by atoms with Gasteiger partial charge in [0.2, 0.25) is 0 Å². The summed E-state index contributed by atoms with van der Waals surface area (Å²) in [7, 11) is 0. The van der Waals surface area contributed by atoms with Gasteiger partial charge in [0.15, 0.2) is 8.29 Å². The molecule has 0 fully saturated rings. The van der Waals surface area contributed by atoms with Crippen LogP contribution >= 0.6 is 35.3 Å². The molecule has 0 unspecified atom stereocenters. The quantitative estimate of drug-likeness (QED) is 0.181. The zero-order valence-electron chi connectivity index (χ0n) is 16.0. The number of thioether (sulfide) groups is 1. The zero-order chi connectivity index (χ0) is 18.5. The van der Waals surface area contributed by atoms with Crippen LogP contribution in [-0.2, 0) is 6.54 Å². The van der Waals surface area contributed by atoms with Gasteiger partial charge in [-0.05, 0) is 24.2 Å². The summed E-state index contributed by atoms with van der Waals surface area (Å²) < 4.78 is 3.94.